The number of rotatable bonds is 35. The first-order chi connectivity index (χ1) is 29.2. The molecule has 2 fully saturated rings. The molecule has 1 heterocycles. The van der Waals surface area contributed by atoms with Gasteiger partial charge in [-0.3, -0.25) is 19.2 Å². The van der Waals surface area contributed by atoms with Crippen molar-refractivity contribution in [3.63, 3.8) is 0 Å². The van der Waals surface area contributed by atoms with Gasteiger partial charge in [0.1, 0.15) is 11.7 Å². The van der Waals surface area contributed by atoms with Gasteiger partial charge in [0, 0.05) is 37.6 Å². The van der Waals surface area contributed by atoms with Crippen LogP contribution in [0.3, 0.4) is 0 Å². The summed E-state index contributed by atoms with van der Waals surface area (Å²) in [4.78, 5) is 54.9. The van der Waals surface area contributed by atoms with Gasteiger partial charge in [0.15, 0.2) is 0 Å². The second-order valence-corrected chi connectivity index (χ2v) is 20.2. The van der Waals surface area contributed by atoms with Crippen molar-refractivity contribution in [1.82, 2.24) is 4.90 Å². The van der Waals surface area contributed by atoms with E-state index in [1.807, 2.05) is 20.9 Å². The molecule has 0 bridgehead atoms. The van der Waals surface area contributed by atoms with E-state index in [2.05, 4.69) is 51.7 Å². The molecule has 1 saturated carbocycles. The zero-order valence-corrected chi connectivity index (χ0v) is 40.7. The highest BCUT2D eigenvalue weighted by Crippen LogP contribution is 2.42. The summed E-state index contributed by atoms with van der Waals surface area (Å²) < 4.78 is 24.2. The molecule has 0 amide bonds. The Balaban J connectivity index is 1.98. The smallest absolute Gasteiger partial charge is 0.310 e. The van der Waals surface area contributed by atoms with Gasteiger partial charge in [0.25, 0.3) is 0 Å². The maximum atomic E-state index is 13.7. The summed E-state index contributed by atoms with van der Waals surface area (Å²) in [6, 6.07) is 0. The van der Waals surface area contributed by atoms with Gasteiger partial charge in [-0.05, 0) is 90.1 Å². The Hall–Kier alpha value is -2.42. The number of carbonyl (C=O) groups excluding carboxylic acids is 4. The average molecular weight is 860 g/mol. The molecule has 1 aliphatic carbocycles. The highest BCUT2D eigenvalue weighted by Gasteiger charge is 2.43. The number of hydrogen-bond acceptors (Lipinski definition) is 9. The van der Waals surface area contributed by atoms with E-state index in [0.29, 0.717) is 19.3 Å². The first kappa shape index (κ1) is 54.7. The van der Waals surface area contributed by atoms with Gasteiger partial charge in [-0.2, -0.15) is 0 Å². The molecule has 2 aliphatic rings. The van der Waals surface area contributed by atoms with Gasteiger partial charge in [-0.15, -0.1) is 0 Å². The minimum absolute atomic E-state index is 0.0602. The molecule has 1 saturated heterocycles. The molecule has 0 aromatic rings. The second kappa shape index (κ2) is 31.4. The summed E-state index contributed by atoms with van der Waals surface area (Å²) in [6.45, 7) is 16.6. The van der Waals surface area contributed by atoms with E-state index in [1.165, 1.54) is 77.0 Å². The summed E-state index contributed by atoms with van der Waals surface area (Å²) in [5.74, 6) is -1.02. The molecule has 0 N–H and O–H groups in total. The molecule has 0 spiro atoms. The number of likely N-dealkylation sites (tertiary alicyclic amines) is 1. The molecule has 1 aliphatic heterocycles. The SMILES string of the molecule is CC/C=C\CC1C(CC(=O)OC(C)(C)CC(C)(C)C(COC(=O)CCCCCCCCCCC)COC(=O)CCCCCCCCCCC)CCC1OC(=O)C1CCN(C)C1. The fraction of sp³-hybridized carbons (Fsp3) is 0.885. The van der Waals surface area contributed by atoms with Crippen molar-refractivity contribution in [2.45, 2.75) is 234 Å². The molecule has 9 nitrogen and oxygen atoms in total. The van der Waals surface area contributed by atoms with Crippen LogP contribution in [0.2, 0.25) is 0 Å². The topological polar surface area (TPSA) is 108 Å². The maximum Gasteiger partial charge on any atom is 0.310 e. The minimum Gasteiger partial charge on any atom is -0.465 e. The lowest BCUT2D eigenvalue weighted by molar-refractivity contribution is -0.163. The predicted octanol–water partition coefficient (Wildman–Crippen LogP) is 12.9. The normalized spacial score (nSPS) is 19.8. The molecule has 0 radical (unpaired) electrons. The van der Waals surface area contributed by atoms with E-state index in [4.69, 9.17) is 18.9 Å². The van der Waals surface area contributed by atoms with Crippen LogP contribution < -0.4 is 0 Å². The summed E-state index contributed by atoms with van der Waals surface area (Å²) in [7, 11) is 2.04. The Bertz CT molecular complexity index is 1210. The van der Waals surface area contributed by atoms with Gasteiger partial charge in [0.05, 0.1) is 19.1 Å². The monoisotopic (exact) mass is 860 g/mol. The lowest BCUT2D eigenvalue weighted by atomic mass is 9.72. The van der Waals surface area contributed by atoms with Crippen molar-refractivity contribution in [1.29, 1.82) is 0 Å². The number of allylic oxidation sites excluding steroid dienone is 2. The third kappa shape index (κ3) is 24.3. The summed E-state index contributed by atoms with van der Waals surface area (Å²) in [5.41, 5.74) is -1.31. The molecule has 61 heavy (non-hydrogen) atoms. The maximum absolute atomic E-state index is 13.7. The van der Waals surface area contributed by atoms with Crippen molar-refractivity contribution >= 4 is 23.9 Å². The van der Waals surface area contributed by atoms with E-state index < -0.39 is 11.0 Å². The first-order valence-corrected chi connectivity index (χ1v) is 25.3. The number of unbranched alkanes of at least 4 members (excludes halogenated alkanes) is 16. The fourth-order valence-corrected chi connectivity index (χ4v) is 9.68. The number of nitrogens with zero attached hydrogens (tertiary/aromatic N) is 1. The van der Waals surface area contributed by atoms with Gasteiger partial charge < -0.3 is 23.8 Å². The quantitative estimate of drug-likeness (QED) is 0.0266. The van der Waals surface area contributed by atoms with Crippen molar-refractivity contribution in [2.24, 2.45) is 29.1 Å². The van der Waals surface area contributed by atoms with Gasteiger partial charge in [0.2, 0.25) is 0 Å². The van der Waals surface area contributed by atoms with Crippen LogP contribution in [0.4, 0.5) is 0 Å². The zero-order valence-electron chi connectivity index (χ0n) is 40.7. The van der Waals surface area contributed by atoms with Crippen LogP contribution in [0.5, 0.6) is 0 Å². The highest BCUT2D eigenvalue weighted by atomic mass is 16.6. The number of carbonyl (C=O) groups is 4. The number of hydrogen-bond donors (Lipinski definition) is 0. The van der Waals surface area contributed by atoms with Crippen molar-refractivity contribution in [3.8, 4) is 0 Å². The Labute approximate surface area is 374 Å². The van der Waals surface area contributed by atoms with Gasteiger partial charge in [-0.25, -0.2) is 0 Å². The molecule has 9 heteroatoms. The van der Waals surface area contributed by atoms with Crippen molar-refractivity contribution < 1.29 is 38.1 Å². The third-order valence-electron chi connectivity index (χ3n) is 13.4. The highest BCUT2D eigenvalue weighted by molar-refractivity contribution is 5.73. The third-order valence-corrected chi connectivity index (χ3v) is 13.4. The lowest BCUT2D eigenvalue weighted by Gasteiger charge is -2.39. The Kier molecular flexibility index (Phi) is 28.2. The summed E-state index contributed by atoms with van der Waals surface area (Å²) in [6.07, 6.45) is 31.0. The van der Waals surface area contributed by atoms with Crippen LogP contribution in [0.25, 0.3) is 0 Å². The minimum atomic E-state index is -0.823. The average Bonchev–Trinajstić information content (AvgIpc) is 3.80. The molecule has 2 rings (SSSR count). The van der Waals surface area contributed by atoms with Crippen molar-refractivity contribution in [3.05, 3.63) is 12.2 Å². The Morgan fingerprint density at radius 2 is 1.16 bits per heavy atom. The molecular formula is C52H93NO8. The van der Waals surface area contributed by atoms with E-state index in [9.17, 15) is 19.2 Å². The fourth-order valence-electron chi connectivity index (χ4n) is 9.68. The van der Waals surface area contributed by atoms with Crippen LogP contribution in [0.1, 0.15) is 222 Å². The molecule has 4 unspecified atom stereocenters. The molecule has 0 aromatic heterocycles. The van der Waals surface area contributed by atoms with Gasteiger partial charge >= 0.3 is 23.9 Å². The van der Waals surface area contributed by atoms with Gasteiger partial charge in [-0.1, -0.05) is 150 Å². The second-order valence-electron chi connectivity index (χ2n) is 20.2. The van der Waals surface area contributed by atoms with E-state index in [0.717, 1.165) is 83.7 Å². The summed E-state index contributed by atoms with van der Waals surface area (Å²) in [5, 5.41) is 0. The molecule has 4 atom stereocenters. The van der Waals surface area contributed by atoms with E-state index >= 15 is 0 Å². The van der Waals surface area contributed by atoms with E-state index in [1.54, 1.807) is 0 Å². The predicted molar refractivity (Wildman–Crippen MR) is 248 cm³/mol. The Morgan fingerprint density at radius 3 is 1.64 bits per heavy atom. The molecule has 354 valence electrons. The zero-order chi connectivity index (χ0) is 44.9. The number of ether oxygens (including phenoxy) is 4. The number of esters is 4. The Morgan fingerprint density at radius 1 is 0.656 bits per heavy atom. The van der Waals surface area contributed by atoms with Crippen LogP contribution >= 0.6 is 0 Å². The standard InChI is InChI=1S/C52H93NO8/c1-9-12-15-17-19-21-23-25-28-31-47(54)58-39-44(40-59-48(55)32-29-26-24-22-20-18-16-13-10-2)51(4,5)41-52(6,7)61-49(56)37-42-33-34-46(45(42)30-27-14-11-3)60-50(57)43-35-36-53(8)38-43/h14,27,42-46H,9-13,15-26,28-41H2,1-8H3/b27-14-. The van der Waals surface area contributed by atoms with Crippen molar-refractivity contribution in [2.75, 3.05) is 33.4 Å². The van der Waals surface area contributed by atoms with Crippen LogP contribution in [-0.2, 0) is 38.1 Å². The van der Waals surface area contributed by atoms with Crippen LogP contribution in [-0.4, -0.2) is 73.8 Å². The lowest BCUT2D eigenvalue weighted by Crippen LogP contribution is -2.41. The van der Waals surface area contributed by atoms with Crippen LogP contribution in [0, 0.1) is 29.1 Å². The van der Waals surface area contributed by atoms with E-state index in [-0.39, 0.29) is 73.3 Å². The van der Waals surface area contributed by atoms with Crippen LogP contribution in [0.15, 0.2) is 12.2 Å². The largest absolute Gasteiger partial charge is 0.465 e. The molecule has 0 aromatic carbocycles. The first-order valence-electron chi connectivity index (χ1n) is 25.3. The molecular weight excluding hydrogens is 767 g/mol. The summed E-state index contributed by atoms with van der Waals surface area (Å²) >= 11 is 0.